The summed E-state index contributed by atoms with van der Waals surface area (Å²) in [5.74, 6) is -0.373. The molecular weight excluding hydrogens is 286 g/mol. The molecular formula is C15H23N3O4. The fourth-order valence-electron chi connectivity index (χ4n) is 2.61. The van der Waals surface area contributed by atoms with Crippen LogP contribution in [-0.2, 0) is 21.3 Å². The fraction of sp³-hybridized carbons (Fsp3) is 0.667. The van der Waals surface area contributed by atoms with Gasteiger partial charge in [-0.2, -0.15) is 5.10 Å². The zero-order chi connectivity index (χ0) is 16.5. The minimum atomic E-state index is -0.620. The first-order valence-corrected chi connectivity index (χ1v) is 7.27. The van der Waals surface area contributed by atoms with Gasteiger partial charge in [0.15, 0.2) is 0 Å². The van der Waals surface area contributed by atoms with Crippen LogP contribution in [0, 0.1) is 0 Å². The maximum atomic E-state index is 12.3. The number of hydrogen-bond acceptors (Lipinski definition) is 5. The molecule has 0 saturated carbocycles. The molecule has 0 spiro atoms. The molecule has 2 atom stereocenters. The van der Waals surface area contributed by atoms with Crippen LogP contribution in [0.4, 0.5) is 4.79 Å². The van der Waals surface area contributed by atoms with E-state index in [-0.39, 0.29) is 5.92 Å². The summed E-state index contributed by atoms with van der Waals surface area (Å²) < 4.78 is 11.9. The van der Waals surface area contributed by atoms with Crippen LogP contribution < -0.4 is 0 Å². The maximum Gasteiger partial charge on any atom is 0.411 e. The first-order valence-electron chi connectivity index (χ1n) is 7.27. The predicted octanol–water partition coefficient (Wildman–Crippen LogP) is 1.69. The van der Waals surface area contributed by atoms with Crippen LogP contribution in [0.3, 0.4) is 0 Å². The van der Waals surface area contributed by atoms with Gasteiger partial charge in [0.05, 0.1) is 13.3 Å². The quantitative estimate of drug-likeness (QED) is 0.777. The molecule has 1 amide bonds. The third kappa shape index (κ3) is 3.58. The lowest BCUT2D eigenvalue weighted by Crippen LogP contribution is -2.43. The molecule has 0 bridgehead atoms. The smallest absolute Gasteiger partial charge is 0.411 e. The van der Waals surface area contributed by atoms with Crippen molar-refractivity contribution in [2.24, 2.45) is 7.05 Å². The minimum absolute atomic E-state index is 0.0466. The highest BCUT2D eigenvalue weighted by atomic mass is 16.6. The van der Waals surface area contributed by atoms with Gasteiger partial charge in [0, 0.05) is 25.7 Å². The van der Waals surface area contributed by atoms with Crippen molar-refractivity contribution in [3.63, 3.8) is 0 Å². The van der Waals surface area contributed by atoms with Crippen LogP contribution in [0.2, 0.25) is 0 Å². The van der Waals surface area contributed by atoms with Crippen LogP contribution in [-0.4, -0.2) is 52.0 Å². The Balaban J connectivity index is 2.18. The number of esters is 1. The Kier molecular flexibility index (Phi) is 4.44. The molecule has 0 N–H and O–H groups in total. The number of carbonyl (C=O) groups is 2. The van der Waals surface area contributed by atoms with Crippen LogP contribution in [0.25, 0.3) is 0 Å². The van der Waals surface area contributed by atoms with E-state index in [4.69, 9.17) is 9.47 Å². The molecule has 1 saturated heterocycles. The zero-order valence-corrected chi connectivity index (χ0v) is 13.7. The van der Waals surface area contributed by atoms with E-state index in [0.29, 0.717) is 13.0 Å². The summed E-state index contributed by atoms with van der Waals surface area (Å²) in [5.41, 5.74) is 0.395. The summed E-state index contributed by atoms with van der Waals surface area (Å²) >= 11 is 0. The van der Waals surface area contributed by atoms with Crippen molar-refractivity contribution in [1.29, 1.82) is 0 Å². The van der Waals surface area contributed by atoms with Gasteiger partial charge in [-0.05, 0) is 32.8 Å². The van der Waals surface area contributed by atoms with E-state index in [9.17, 15) is 9.59 Å². The van der Waals surface area contributed by atoms with Gasteiger partial charge in [0.25, 0.3) is 0 Å². The number of ether oxygens (including phenoxy) is 2. The van der Waals surface area contributed by atoms with Gasteiger partial charge in [-0.15, -0.1) is 0 Å². The highest BCUT2D eigenvalue weighted by Crippen LogP contribution is 2.33. The number of carbonyl (C=O) groups excluding carboxylic acids is 2. The number of rotatable bonds is 2. The molecule has 0 radical (unpaired) electrons. The van der Waals surface area contributed by atoms with Gasteiger partial charge in [-0.3, -0.25) is 9.58 Å². The molecule has 2 heterocycles. The molecule has 1 fully saturated rings. The van der Waals surface area contributed by atoms with E-state index < -0.39 is 23.7 Å². The van der Waals surface area contributed by atoms with Crippen molar-refractivity contribution < 1.29 is 19.1 Å². The zero-order valence-electron chi connectivity index (χ0n) is 13.7. The molecule has 1 aromatic heterocycles. The number of methoxy groups -OCH3 is 1. The predicted molar refractivity (Wildman–Crippen MR) is 79.3 cm³/mol. The Hall–Kier alpha value is -2.05. The van der Waals surface area contributed by atoms with Crippen LogP contribution >= 0.6 is 0 Å². The first kappa shape index (κ1) is 16.3. The Labute approximate surface area is 130 Å². The summed E-state index contributed by atoms with van der Waals surface area (Å²) in [5, 5.41) is 4.15. The van der Waals surface area contributed by atoms with E-state index in [0.717, 1.165) is 5.56 Å². The Bertz CT molecular complexity index is 561. The Morgan fingerprint density at radius 3 is 2.55 bits per heavy atom. The van der Waals surface area contributed by atoms with Gasteiger partial charge in [0.2, 0.25) is 0 Å². The molecule has 7 heteroatoms. The van der Waals surface area contributed by atoms with E-state index >= 15 is 0 Å². The van der Waals surface area contributed by atoms with Crippen molar-refractivity contribution in [3.8, 4) is 0 Å². The molecule has 1 aromatic rings. The molecule has 22 heavy (non-hydrogen) atoms. The standard InChI is InChI=1S/C15H23N3O4/c1-15(2,3)22-14(20)18-9-10(6-12(18)13(19)21-5)11-7-16-17(4)8-11/h7-8,10,12H,6,9H2,1-5H3/t10?,12-/m1/s1. The number of aromatic nitrogens is 2. The average molecular weight is 309 g/mol. The van der Waals surface area contributed by atoms with E-state index in [2.05, 4.69) is 5.10 Å². The Morgan fingerprint density at radius 2 is 2.05 bits per heavy atom. The molecule has 1 unspecified atom stereocenters. The summed E-state index contributed by atoms with van der Waals surface area (Å²) in [7, 11) is 3.16. The molecule has 0 aliphatic carbocycles. The topological polar surface area (TPSA) is 73.7 Å². The van der Waals surface area contributed by atoms with Crippen molar-refractivity contribution in [2.45, 2.75) is 44.8 Å². The van der Waals surface area contributed by atoms with E-state index in [1.165, 1.54) is 12.0 Å². The summed E-state index contributed by atoms with van der Waals surface area (Å²) in [6.07, 6.45) is 3.68. The number of hydrogen-bond donors (Lipinski definition) is 0. The van der Waals surface area contributed by atoms with Gasteiger partial charge in [-0.1, -0.05) is 0 Å². The highest BCUT2D eigenvalue weighted by molar-refractivity contribution is 5.82. The monoisotopic (exact) mass is 309 g/mol. The largest absolute Gasteiger partial charge is 0.467 e. The number of aryl methyl sites for hydroxylation is 1. The third-order valence-corrected chi connectivity index (χ3v) is 3.60. The maximum absolute atomic E-state index is 12.3. The minimum Gasteiger partial charge on any atom is -0.467 e. The van der Waals surface area contributed by atoms with Crippen molar-refractivity contribution in [3.05, 3.63) is 18.0 Å². The lowest BCUT2D eigenvalue weighted by atomic mass is 10.00. The molecule has 1 aliphatic heterocycles. The molecule has 2 rings (SSSR count). The number of likely N-dealkylation sites (tertiary alicyclic amines) is 1. The molecule has 122 valence electrons. The van der Waals surface area contributed by atoms with Gasteiger partial charge in [-0.25, -0.2) is 9.59 Å². The van der Waals surface area contributed by atoms with Crippen LogP contribution in [0.15, 0.2) is 12.4 Å². The summed E-state index contributed by atoms with van der Waals surface area (Å²) in [6, 6.07) is -0.620. The van der Waals surface area contributed by atoms with Gasteiger partial charge in [0.1, 0.15) is 11.6 Å². The van der Waals surface area contributed by atoms with E-state index in [1.807, 2.05) is 13.2 Å². The second-order valence-corrected chi connectivity index (χ2v) is 6.55. The summed E-state index contributed by atoms with van der Waals surface area (Å²) in [6.45, 7) is 5.81. The number of nitrogens with zero attached hydrogens (tertiary/aromatic N) is 3. The Morgan fingerprint density at radius 1 is 1.36 bits per heavy atom. The van der Waals surface area contributed by atoms with Crippen LogP contribution in [0.1, 0.15) is 38.7 Å². The molecule has 1 aliphatic rings. The normalized spacial score (nSPS) is 21.8. The lowest BCUT2D eigenvalue weighted by Gasteiger charge is -2.27. The molecule has 0 aromatic carbocycles. The SMILES string of the molecule is COC(=O)[C@H]1CC(c2cnn(C)c2)CN1C(=O)OC(C)(C)C. The average Bonchev–Trinajstić information content (AvgIpc) is 3.01. The fourth-order valence-corrected chi connectivity index (χ4v) is 2.61. The van der Waals surface area contributed by atoms with Crippen LogP contribution in [0.5, 0.6) is 0 Å². The van der Waals surface area contributed by atoms with Crippen molar-refractivity contribution >= 4 is 12.1 Å². The first-order chi connectivity index (χ1) is 10.2. The lowest BCUT2D eigenvalue weighted by molar-refractivity contribution is -0.145. The third-order valence-electron chi connectivity index (χ3n) is 3.60. The second-order valence-electron chi connectivity index (χ2n) is 6.55. The molecule has 7 nitrogen and oxygen atoms in total. The van der Waals surface area contributed by atoms with Crippen molar-refractivity contribution in [2.75, 3.05) is 13.7 Å². The van der Waals surface area contributed by atoms with E-state index in [1.54, 1.807) is 31.6 Å². The highest BCUT2D eigenvalue weighted by Gasteiger charge is 2.42. The van der Waals surface area contributed by atoms with Gasteiger partial charge >= 0.3 is 12.1 Å². The summed E-state index contributed by atoms with van der Waals surface area (Å²) in [4.78, 5) is 25.8. The van der Waals surface area contributed by atoms with Gasteiger partial charge < -0.3 is 9.47 Å². The van der Waals surface area contributed by atoms with Crippen molar-refractivity contribution in [1.82, 2.24) is 14.7 Å². The second kappa shape index (κ2) is 5.98. The number of amides is 1.